The Morgan fingerprint density at radius 3 is 1.88 bits per heavy atom. The van der Waals surface area contributed by atoms with Crippen molar-refractivity contribution in [2.24, 2.45) is 5.92 Å². The molecular formula is C31H55ClN4O2Si2. The molecule has 1 aliphatic carbocycles. The summed E-state index contributed by atoms with van der Waals surface area (Å²) in [6.07, 6.45) is 2.91. The van der Waals surface area contributed by atoms with Crippen LogP contribution in [0.4, 0.5) is 5.95 Å². The second-order valence-electron chi connectivity index (χ2n) is 13.9. The van der Waals surface area contributed by atoms with Gasteiger partial charge in [-0.2, -0.15) is 4.98 Å². The number of rotatable bonds is 12. The van der Waals surface area contributed by atoms with Crippen LogP contribution in [0.3, 0.4) is 0 Å². The molecule has 0 saturated heterocycles. The van der Waals surface area contributed by atoms with Gasteiger partial charge in [0.15, 0.2) is 8.32 Å². The summed E-state index contributed by atoms with van der Waals surface area (Å²) >= 11 is 6.46. The van der Waals surface area contributed by atoms with Gasteiger partial charge in [-0.05, 0) is 51.3 Å². The van der Waals surface area contributed by atoms with E-state index in [1.807, 2.05) is 12.3 Å². The first-order chi connectivity index (χ1) is 18.5. The highest BCUT2D eigenvalue weighted by Crippen LogP contribution is 2.50. The quantitative estimate of drug-likeness (QED) is 0.148. The molecule has 1 fully saturated rings. The normalized spacial score (nSPS) is 21.1. The summed E-state index contributed by atoms with van der Waals surface area (Å²) in [6.45, 7) is 33.6. The Labute approximate surface area is 250 Å². The fourth-order valence-electron chi connectivity index (χ4n) is 8.33. The third-order valence-electron chi connectivity index (χ3n) is 9.97. The summed E-state index contributed by atoms with van der Waals surface area (Å²) < 4.78 is 16.9. The van der Waals surface area contributed by atoms with Crippen molar-refractivity contribution in [2.45, 2.75) is 135 Å². The lowest BCUT2D eigenvalue weighted by atomic mass is 10.0. The molecule has 0 radical (unpaired) electrons. The van der Waals surface area contributed by atoms with Gasteiger partial charge >= 0.3 is 0 Å². The van der Waals surface area contributed by atoms with Crippen LogP contribution in [0.2, 0.25) is 38.4 Å². The molecule has 1 aliphatic rings. The van der Waals surface area contributed by atoms with E-state index < -0.39 is 16.6 Å². The fraction of sp³-hybridized carbons (Fsp3) is 0.742. The van der Waals surface area contributed by atoms with E-state index in [1.54, 1.807) is 0 Å². The van der Waals surface area contributed by atoms with Crippen LogP contribution in [-0.4, -0.2) is 43.9 Å². The smallest absolute Gasteiger partial charge is 0.223 e. The maximum Gasteiger partial charge on any atom is 0.223 e. The van der Waals surface area contributed by atoms with Crippen molar-refractivity contribution in [3.05, 3.63) is 29.6 Å². The highest BCUT2D eigenvalue weighted by Gasteiger charge is 2.52. The zero-order valence-corrected chi connectivity index (χ0v) is 29.8. The minimum absolute atomic E-state index is 0.0212. The lowest BCUT2D eigenvalue weighted by Gasteiger charge is -2.46. The van der Waals surface area contributed by atoms with Gasteiger partial charge in [-0.1, -0.05) is 101 Å². The predicted molar refractivity (Wildman–Crippen MR) is 176 cm³/mol. The van der Waals surface area contributed by atoms with E-state index in [0.717, 1.165) is 23.0 Å². The Morgan fingerprint density at radius 1 is 0.900 bits per heavy atom. The molecule has 6 nitrogen and oxygen atoms in total. The van der Waals surface area contributed by atoms with Crippen LogP contribution in [0, 0.1) is 5.92 Å². The molecule has 1 saturated carbocycles. The number of halogens is 1. The molecule has 0 bridgehead atoms. The summed E-state index contributed by atoms with van der Waals surface area (Å²) in [5.41, 5.74) is 11.0. The molecule has 0 spiro atoms. The molecular weight excluding hydrogens is 552 g/mol. The molecule has 226 valence electrons. The van der Waals surface area contributed by atoms with Crippen LogP contribution in [0.15, 0.2) is 24.4 Å². The minimum atomic E-state index is -2.15. The van der Waals surface area contributed by atoms with Gasteiger partial charge in [0.05, 0.1) is 17.5 Å². The number of hydrogen-bond acceptors (Lipinski definition) is 5. The van der Waals surface area contributed by atoms with E-state index in [1.165, 1.54) is 0 Å². The van der Waals surface area contributed by atoms with Gasteiger partial charge < -0.3 is 19.2 Å². The lowest BCUT2D eigenvalue weighted by molar-refractivity contribution is 0.105. The van der Waals surface area contributed by atoms with Gasteiger partial charge in [0.25, 0.3) is 0 Å². The number of nitrogen functional groups attached to an aromatic ring is 1. The van der Waals surface area contributed by atoms with Gasteiger partial charge in [0, 0.05) is 18.7 Å². The monoisotopic (exact) mass is 606 g/mol. The van der Waals surface area contributed by atoms with Crippen LogP contribution >= 0.6 is 11.6 Å². The third-order valence-corrected chi connectivity index (χ3v) is 22.5. The Bertz CT molecular complexity index is 1130. The van der Waals surface area contributed by atoms with Crippen LogP contribution in [-0.2, 0) is 8.85 Å². The molecule has 3 rings (SSSR count). The van der Waals surface area contributed by atoms with Gasteiger partial charge in [0.2, 0.25) is 14.3 Å². The van der Waals surface area contributed by atoms with Crippen molar-refractivity contribution in [3.63, 3.8) is 0 Å². The Hall–Kier alpha value is -1.20. The van der Waals surface area contributed by atoms with Crippen molar-refractivity contribution in [1.29, 1.82) is 0 Å². The van der Waals surface area contributed by atoms with Gasteiger partial charge in [-0.15, -0.1) is 0 Å². The third kappa shape index (κ3) is 5.72. The van der Waals surface area contributed by atoms with Crippen molar-refractivity contribution >= 4 is 45.2 Å². The average Bonchev–Trinajstić information content (AvgIpc) is 3.37. The zero-order chi connectivity index (χ0) is 30.3. The number of fused-ring (bicyclic) bond motifs is 1. The van der Waals surface area contributed by atoms with Crippen LogP contribution in [0.25, 0.3) is 11.0 Å². The van der Waals surface area contributed by atoms with Crippen LogP contribution < -0.4 is 5.73 Å². The molecule has 0 amide bonds. The maximum absolute atomic E-state index is 7.52. The summed E-state index contributed by atoms with van der Waals surface area (Å²) in [5, 5.41) is 1.19. The van der Waals surface area contributed by atoms with Crippen molar-refractivity contribution in [1.82, 2.24) is 14.5 Å². The SMILES string of the molecule is C=C1[C@H](CO[Si](C(C)C)(C(C)C)C(C)C)[C@@H](O[Si](C(C)C)(C(C)C)C(C)C)C[C@@H]1n1ccc2c(Cl)nc(N)nc21. The summed E-state index contributed by atoms with van der Waals surface area (Å²) in [5.74, 6) is 0.282. The molecule has 2 heterocycles. The Morgan fingerprint density at radius 2 is 1.40 bits per heavy atom. The largest absolute Gasteiger partial charge is 0.415 e. The molecule has 2 aromatic rings. The number of anilines is 1. The van der Waals surface area contributed by atoms with E-state index in [-0.39, 0.29) is 24.0 Å². The summed E-state index contributed by atoms with van der Waals surface area (Å²) in [6, 6.07) is 2.00. The van der Waals surface area contributed by atoms with E-state index in [2.05, 4.69) is 97.6 Å². The van der Waals surface area contributed by atoms with Crippen LogP contribution in [0.5, 0.6) is 0 Å². The average molecular weight is 607 g/mol. The first kappa shape index (κ1) is 33.3. The first-order valence-electron chi connectivity index (χ1n) is 15.3. The second-order valence-corrected chi connectivity index (χ2v) is 25.1. The Balaban J connectivity index is 2.10. The zero-order valence-electron chi connectivity index (χ0n) is 27.1. The standard InChI is InChI=1S/C31H55ClN4O2Si2/c1-18(2)39(19(3)4,20(5)6)37-17-26-24(13)27(36-15-14-25-29(32)34-31(33)35-30(25)36)16-28(26)38-40(21(7)8,22(9)10)23(11)12/h14-15,18-23,26-28H,13,16-17H2,1-12H3,(H2,33,34,35)/t26-,27-,28-/m0/s1. The summed E-state index contributed by atoms with van der Waals surface area (Å²) in [7, 11) is -4.22. The van der Waals surface area contributed by atoms with Crippen molar-refractivity contribution in [2.75, 3.05) is 12.3 Å². The maximum atomic E-state index is 7.52. The van der Waals surface area contributed by atoms with Crippen molar-refractivity contribution < 1.29 is 8.85 Å². The predicted octanol–water partition coefficient (Wildman–Crippen LogP) is 9.54. The van der Waals surface area contributed by atoms with E-state index in [4.69, 9.17) is 32.8 Å². The number of nitrogens with zero attached hydrogens (tertiary/aromatic N) is 3. The van der Waals surface area contributed by atoms with E-state index in [9.17, 15) is 0 Å². The molecule has 2 N–H and O–H groups in total. The van der Waals surface area contributed by atoms with Crippen molar-refractivity contribution in [3.8, 4) is 0 Å². The highest BCUT2D eigenvalue weighted by atomic mass is 35.5. The number of aromatic nitrogens is 3. The minimum Gasteiger partial charge on any atom is -0.415 e. The summed E-state index contributed by atoms with van der Waals surface area (Å²) in [4.78, 5) is 8.75. The lowest BCUT2D eigenvalue weighted by Crippen LogP contribution is -2.52. The second kappa shape index (κ2) is 12.6. The molecule has 0 unspecified atom stereocenters. The number of nitrogens with two attached hydrogens (primary N) is 1. The van der Waals surface area contributed by atoms with Gasteiger partial charge in [-0.3, -0.25) is 0 Å². The molecule has 40 heavy (non-hydrogen) atoms. The molecule has 2 aromatic heterocycles. The highest BCUT2D eigenvalue weighted by molar-refractivity contribution is 6.78. The molecule has 0 aliphatic heterocycles. The Kier molecular flexibility index (Phi) is 10.5. The molecule has 9 heteroatoms. The van der Waals surface area contributed by atoms with Gasteiger partial charge in [0.1, 0.15) is 10.8 Å². The van der Waals surface area contributed by atoms with Gasteiger partial charge in [-0.25, -0.2) is 4.98 Å². The topological polar surface area (TPSA) is 75.2 Å². The van der Waals surface area contributed by atoms with E-state index in [0.29, 0.717) is 45.0 Å². The van der Waals surface area contributed by atoms with E-state index >= 15 is 0 Å². The number of hydrogen-bond donors (Lipinski definition) is 1. The van der Waals surface area contributed by atoms with Crippen LogP contribution in [0.1, 0.15) is 95.5 Å². The molecule has 3 atom stereocenters. The fourth-order valence-corrected chi connectivity index (χ4v) is 19.6. The first-order valence-corrected chi connectivity index (χ1v) is 20.0. The molecule has 0 aromatic carbocycles.